The van der Waals surface area contributed by atoms with Gasteiger partial charge >= 0.3 is 0 Å². The van der Waals surface area contributed by atoms with E-state index in [4.69, 9.17) is 4.74 Å². The summed E-state index contributed by atoms with van der Waals surface area (Å²) < 4.78 is 7.37. The van der Waals surface area contributed by atoms with Gasteiger partial charge in [-0.15, -0.1) is 0 Å². The highest BCUT2D eigenvalue weighted by atomic mass is 16.5. The van der Waals surface area contributed by atoms with Gasteiger partial charge in [0.1, 0.15) is 0 Å². The van der Waals surface area contributed by atoms with E-state index in [9.17, 15) is 0 Å². The molecule has 0 aromatic carbocycles. The zero-order chi connectivity index (χ0) is 19.7. The summed E-state index contributed by atoms with van der Waals surface area (Å²) in [5.74, 6) is 2.59. The van der Waals surface area contributed by atoms with Crippen LogP contribution in [0.5, 0.6) is 0 Å². The summed E-state index contributed by atoms with van der Waals surface area (Å²) in [6, 6.07) is 0. The van der Waals surface area contributed by atoms with E-state index in [-0.39, 0.29) is 11.2 Å². The number of ether oxygens (including phenoxy) is 1. The first-order valence-electron chi connectivity index (χ1n) is 11.3. The van der Waals surface area contributed by atoms with Gasteiger partial charge in [0.15, 0.2) is 0 Å². The van der Waals surface area contributed by atoms with Gasteiger partial charge in [-0.3, -0.25) is 0 Å². The smallest absolute Gasteiger partial charge is 0.0715 e. The van der Waals surface area contributed by atoms with Crippen LogP contribution in [0.25, 0.3) is 0 Å². The first-order valence-corrected chi connectivity index (χ1v) is 11.3. The van der Waals surface area contributed by atoms with E-state index >= 15 is 0 Å². The van der Waals surface area contributed by atoms with Crippen molar-refractivity contribution < 1.29 is 4.74 Å². The first kappa shape index (κ1) is 25.0. The number of hydrogen-bond acceptors (Lipinski definition) is 1. The van der Waals surface area contributed by atoms with Crippen molar-refractivity contribution in [3.05, 3.63) is 0 Å². The molecule has 0 saturated heterocycles. The van der Waals surface area contributed by atoms with E-state index < -0.39 is 0 Å². The molecule has 0 spiro atoms. The van der Waals surface area contributed by atoms with Crippen molar-refractivity contribution in [3.63, 3.8) is 0 Å². The van der Waals surface area contributed by atoms with Crippen molar-refractivity contribution in [2.24, 2.45) is 23.7 Å². The van der Waals surface area contributed by atoms with Gasteiger partial charge in [0, 0.05) is 0 Å². The van der Waals surface area contributed by atoms with Crippen molar-refractivity contribution in [3.8, 4) is 0 Å². The summed E-state index contributed by atoms with van der Waals surface area (Å²) in [7, 11) is 0. The van der Waals surface area contributed by atoms with Gasteiger partial charge in [-0.1, -0.05) is 82.1 Å². The second kappa shape index (κ2) is 11.6. The fourth-order valence-electron chi connectivity index (χ4n) is 5.00. The lowest BCUT2D eigenvalue weighted by Crippen LogP contribution is -2.52. The highest BCUT2D eigenvalue weighted by Gasteiger charge is 2.45. The molecule has 4 unspecified atom stereocenters. The molecule has 1 heteroatoms. The van der Waals surface area contributed by atoms with Gasteiger partial charge in [-0.25, -0.2) is 0 Å². The lowest BCUT2D eigenvalue weighted by molar-refractivity contribution is -0.219. The molecule has 0 bridgehead atoms. The SMILES string of the molecule is CCCC(C)C(CC)(CC(C)C)OC(CC)(CC(C)C)C(C)CCC. The van der Waals surface area contributed by atoms with Crippen molar-refractivity contribution in [2.45, 2.75) is 132 Å². The summed E-state index contributed by atoms with van der Waals surface area (Å²) in [6.07, 6.45) is 9.66. The van der Waals surface area contributed by atoms with Crippen LogP contribution < -0.4 is 0 Å². The topological polar surface area (TPSA) is 9.23 Å². The third-order valence-corrected chi connectivity index (χ3v) is 6.35. The molecule has 0 aliphatic heterocycles. The van der Waals surface area contributed by atoms with E-state index in [0.717, 1.165) is 12.8 Å². The maximum Gasteiger partial charge on any atom is 0.0715 e. The van der Waals surface area contributed by atoms with Gasteiger partial charge in [-0.2, -0.15) is 0 Å². The highest BCUT2D eigenvalue weighted by molar-refractivity contribution is 4.94. The van der Waals surface area contributed by atoms with E-state index in [0.29, 0.717) is 23.7 Å². The summed E-state index contributed by atoms with van der Waals surface area (Å²) in [5, 5.41) is 0. The Kier molecular flexibility index (Phi) is 11.6. The minimum absolute atomic E-state index is 0.0249. The Bertz CT molecular complexity index is 303. The first-order chi connectivity index (χ1) is 11.6. The highest BCUT2D eigenvalue weighted by Crippen LogP contribution is 2.45. The standard InChI is InChI=1S/C24H50O/c1-11-15-21(9)23(13-3,17-19(5)6)25-24(14-4,18-20(7)8)22(10)16-12-2/h19-22H,11-18H2,1-10H3. The van der Waals surface area contributed by atoms with Gasteiger partial charge in [0.2, 0.25) is 0 Å². The molecule has 0 fully saturated rings. The van der Waals surface area contributed by atoms with Crippen LogP contribution in [0.4, 0.5) is 0 Å². The largest absolute Gasteiger partial charge is 0.368 e. The Morgan fingerprint density at radius 3 is 1.12 bits per heavy atom. The fourth-order valence-corrected chi connectivity index (χ4v) is 5.00. The molecule has 0 aromatic rings. The maximum atomic E-state index is 7.37. The zero-order valence-electron chi connectivity index (χ0n) is 19.4. The lowest BCUT2D eigenvalue weighted by atomic mass is 9.73. The molecular formula is C24H50O. The van der Waals surface area contributed by atoms with E-state index in [1.807, 2.05) is 0 Å². The molecule has 0 radical (unpaired) electrons. The molecule has 0 N–H and O–H groups in total. The predicted octanol–water partition coefficient (Wildman–Crippen LogP) is 8.27. The van der Waals surface area contributed by atoms with Crippen molar-refractivity contribution in [1.82, 2.24) is 0 Å². The van der Waals surface area contributed by atoms with Gasteiger partial charge in [-0.05, 0) is 62.2 Å². The molecule has 25 heavy (non-hydrogen) atoms. The van der Waals surface area contributed by atoms with Crippen LogP contribution in [0.15, 0.2) is 0 Å². The third kappa shape index (κ3) is 7.24. The summed E-state index contributed by atoms with van der Waals surface area (Å²) in [6.45, 7) is 23.7. The van der Waals surface area contributed by atoms with Crippen LogP contribution in [-0.2, 0) is 4.74 Å². The predicted molar refractivity (Wildman–Crippen MR) is 114 cm³/mol. The maximum absolute atomic E-state index is 7.37. The zero-order valence-corrected chi connectivity index (χ0v) is 19.4. The third-order valence-electron chi connectivity index (χ3n) is 6.35. The van der Waals surface area contributed by atoms with Crippen LogP contribution in [0, 0.1) is 23.7 Å². The second-order valence-electron chi connectivity index (χ2n) is 9.51. The molecule has 0 aliphatic rings. The molecule has 4 atom stereocenters. The average Bonchev–Trinajstić information content (AvgIpc) is 2.52. The molecule has 152 valence electrons. The molecular weight excluding hydrogens is 304 g/mol. The van der Waals surface area contributed by atoms with Crippen LogP contribution in [0.1, 0.15) is 121 Å². The minimum atomic E-state index is 0.0249. The molecule has 0 saturated carbocycles. The van der Waals surface area contributed by atoms with Gasteiger partial charge < -0.3 is 4.74 Å². The molecule has 1 nitrogen and oxygen atoms in total. The quantitative estimate of drug-likeness (QED) is 0.305. The van der Waals surface area contributed by atoms with Crippen LogP contribution in [-0.4, -0.2) is 11.2 Å². The van der Waals surface area contributed by atoms with Gasteiger partial charge in [0.25, 0.3) is 0 Å². The Labute approximate surface area is 160 Å². The normalized spacial score (nSPS) is 19.7. The van der Waals surface area contributed by atoms with E-state index in [1.165, 1.54) is 38.5 Å². The van der Waals surface area contributed by atoms with E-state index in [2.05, 4.69) is 69.2 Å². The summed E-state index contributed by atoms with van der Waals surface area (Å²) in [4.78, 5) is 0. The van der Waals surface area contributed by atoms with Crippen LogP contribution in [0.2, 0.25) is 0 Å². The number of rotatable bonds is 14. The Balaban J connectivity index is 5.91. The summed E-state index contributed by atoms with van der Waals surface area (Å²) in [5.41, 5.74) is 0.0498. The second-order valence-corrected chi connectivity index (χ2v) is 9.51. The Hall–Kier alpha value is -0.0400. The fraction of sp³-hybridized carbons (Fsp3) is 1.00. The molecule has 0 aliphatic carbocycles. The van der Waals surface area contributed by atoms with Crippen molar-refractivity contribution in [2.75, 3.05) is 0 Å². The molecule has 0 aromatic heterocycles. The monoisotopic (exact) mass is 354 g/mol. The summed E-state index contributed by atoms with van der Waals surface area (Å²) >= 11 is 0. The Morgan fingerprint density at radius 1 is 0.600 bits per heavy atom. The molecule has 0 rings (SSSR count). The molecule has 0 amide bonds. The number of hydrogen-bond donors (Lipinski definition) is 0. The van der Waals surface area contributed by atoms with Crippen LogP contribution in [0.3, 0.4) is 0 Å². The molecule has 0 heterocycles. The van der Waals surface area contributed by atoms with Gasteiger partial charge in [0.05, 0.1) is 11.2 Å². The van der Waals surface area contributed by atoms with Crippen molar-refractivity contribution in [1.29, 1.82) is 0 Å². The minimum Gasteiger partial charge on any atom is -0.368 e. The lowest BCUT2D eigenvalue weighted by Gasteiger charge is -2.51. The Morgan fingerprint density at radius 2 is 0.920 bits per heavy atom. The van der Waals surface area contributed by atoms with Crippen LogP contribution >= 0.6 is 0 Å². The van der Waals surface area contributed by atoms with Crippen molar-refractivity contribution >= 4 is 0 Å². The average molecular weight is 355 g/mol. The van der Waals surface area contributed by atoms with E-state index in [1.54, 1.807) is 0 Å².